The smallest absolute Gasteiger partial charge is 0.137 e. The Labute approximate surface area is 287 Å². The van der Waals surface area contributed by atoms with Gasteiger partial charge in [0, 0.05) is 40.9 Å². The van der Waals surface area contributed by atoms with Crippen LogP contribution in [-0.2, 0) is 0 Å². The van der Waals surface area contributed by atoms with Gasteiger partial charge in [-0.1, -0.05) is 38.1 Å². The molecule has 0 saturated heterocycles. The van der Waals surface area contributed by atoms with Gasteiger partial charge in [0.25, 0.3) is 0 Å². The van der Waals surface area contributed by atoms with Crippen LogP contribution in [0.5, 0.6) is 23.0 Å². The Morgan fingerprint density at radius 3 is 2.16 bits per heavy atom. The van der Waals surface area contributed by atoms with E-state index in [-0.39, 0.29) is 0 Å². The Kier molecular flexibility index (Phi) is 8.59. The van der Waals surface area contributed by atoms with E-state index in [1.54, 1.807) is 0 Å². The highest BCUT2D eigenvalue weighted by atomic mass is 16.5. The fourth-order valence-corrected chi connectivity index (χ4v) is 6.61. The second-order valence-corrected chi connectivity index (χ2v) is 12.7. The quantitative estimate of drug-likeness (QED) is 0.147. The van der Waals surface area contributed by atoms with Crippen LogP contribution in [0, 0.1) is 20.8 Å². The van der Waals surface area contributed by atoms with Gasteiger partial charge in [-0.2, -0.15) is 5.10 Å². The Balaban J connectivity index is 1.26. The minimum atomic E-state index is 0.399. The van der Waals surface area contributed by atoms with E-state index in [4.69, 9.17) is 24.3 Å². The molecule has 7 nitrogen and oxygen atoms in total. The van der Waals surface area contributed by atoms with Crippen LogP contribution in [0.4, 0.5) is 0 Å². The Morgan fingerprint density at radius 2 is 1.43 bits per heavy atom. The highest BCUT2D eigenvalue weighted by Gasteiger charge is 2.23. The van der Waals surface area contributed by atoms with E-state index in [1.807, 2.05) is 67.5 Å². The molecule has 0 spiro atoms. The molecule has 7 rings (SSSR count). The van der Waals surface area contributed by atoms with Crippen molar-refractivity contribution in [2.75, 3.05) is 13.2 Å². The summed E-state index contributed by atoms with van der Waals surface area (Å²) >= 11 is 0. The van der Waals surface area contributed by atoms with Crippen LogP contribution in [0.2, 0.25) is 0 Å². The van der Waals surface area contributed by atoms with Crippen molar-refractivity contribution < 1.29 is 14.2 Å². The van der Waals surface area contributed by atoms with Crippen LogP contribution in [0.15, 0.2) is 97.5 Å². The molecular weight excluding hydrogens is 608 g/mol. The van der Waals surface area contributed by atoms with Gasteiger partial charge >= 0.3 is 0 Å². The molecular formula is C42H42N4O3. The first-order valence-corrected chi connectivity index (χ1v) is 17.0. The first kappa shape index (κ1) is 32.0. The summed E-state index contributed by atoms with van der Waals surface area (Å²) in [7, 11) is 0. The van der Waals surface area contributed by atoms with E-state index in [2.05, 4.69) is 87.7 Å². The zero-order chi connectivity index (χ0) is 34.2. The third-order valence-electron chi connectivity index (χ3n) is 9.34. The highest BCUT2D eigenvalue weighted by molar-refractivity contribution is 6.09. The first-order valence-electron chi connectivity index (χ1n) is 17.0. The maximum Gasteiger partial charge on any atom is 0.137 e. The van der Waals surface area contributed by atoms with Crippen molar-refractivity contribution in [2.24, 2.45) is 0 Å². The van der Waals surface area contributed by atoms with Gasteiger partial charge < -0.3 is 14.2 Å². The van der Waals surface area contributed by atoms with Crippen LogP contribution in [0.25, 0.3) is 44.4 Å². The number of hydrogen-bond donors (Lipinski definition) is 0. The van der Waals surface area contributed by atoms with E-state index in [0.29, 0.717) is 24.9 Å². The second kappa shape index (κ2) is 13.2. The largest absolute Gasteiger partial charge is 0.493 e. The van der Waals surface area contributed by atoms with Crippen molar-refractivity contribution in [3.8, 4) is 45.6 Å². The topological polar surface area (TPSA) is 63.3 Å². The molecule has 0 unspecified atom stereocenters. The molecule has 0 atom stereocenters. The lowest BCUT2D eigenvalue weighted by Gasteiger charge is -2.21. The summed E-state index contributed by atoms with van der Waals surface area (Å²) in [5.74, 6) is 4.42. The molecule has 0 aliphatic rings. The van der Waals surface area contributed by atoms with Crippen LogP contribution < -0.4 is 14.2 Å². The van der Waals surface area contributed by atoms with Crippen molar-refractivity contribution in [3.63, 3.8) is 0 Å². The lowest BCUT2D eigenvalue weighted by atomic mass is 9.94. The van der Waals surface area contributed by atoms with Gasteiger partial charge in [0.15, 0.2) is 0 Å². The summed E-state index contributed by atoms with van der Waals surface area (Å²) in [5, 5.41) is 7.09. The van der Waals surface area contributed by atoms with Gasteiger partial charge in [0.05, 0.1) is 41.7 Å². The molecule has 0 aliphatic carbocycles. The molecule has 0 saturated carbocycles. The second-order valence-electron chi connectivity index (χ2n) is 12.7. The standard InChI is InChI=1S/C42H42N4O3/c1-8-47-41-28(6)27(5)29(7)42(48-9-2)40(41)31-24-44-45(25-31)32-13-12-14-33(22-32)49-34-17-18-36-35-15-10-11-16-37(35)46(38(36)23-34)39-21-30(26(3)4)19-20-43-39/h10-26H,8-9H2,1-7H3. The zero-order valence-corrected chi connectivity index (χ0v) is 29.2. The molecule has 4 aromatic carbocycles. The number of fused-ring (bicyclic) bond motifs is 3. The number of nitrogens with zero attached hydrogens (tertiary/aromatic N) is 4. The number of rotatable bonds is 10. The summed E-state index contributed by atoms with van der Waals surface area (Å²) in [6, 6.07) is 27.0. The molecule has 3 aromatic heterocycles. The maximum absolute atomic E-state index is 6.52. The fraction of sp³-hybridized carbons (Fsp3) is 0.238. The average Bonchev–Trinajstić information content (AvgIpc) is 3.73. The maximum atomic E-state index is 6.52. The molecule has 49 heavy (non-hydrogen) atoms. The Hall–Kier alpha value is -5.56. The summed E-state index contributed by atoms with van der Waals surface area (Å²) in [4.78, 5) is 4.79. The van der Waals surface area contributed by atoms with Gasteiger partial charge in [-0.15, -0.1) is 0 Å². The summed E-state index contributed by atoms with van der Waals surface area (Å²) in [6.45, 7) is 15.9. The zero-order valence-electron chi connectivity index (χ0n) is 29.2. The molecule has 0 amide bonds. The van der Waals surface area contributed by atoms with Crippen molar-refractivity contribution in [1.82, 2.24) is 19.3 Å². The van der Waals surface area contributed by atoms with Crippen LogP contribution in [0.1, 0.15) is 55.9 Å². The lowest BCUT2D eigenvalue weighted by molar-refractivity contribution is 0.322. The van der Waals surface area contributed by atoms with Crippen LogP contribution in [-0.4, -0.2) is 32.5 Å². The lowest BCUT2D eigenvalue weighted by Crippen LogP contribution is -2.05. The molecule has 0 fully saturated rings. The van der Waals surface area contributed by atoms with E-state index >= 15 is 0 Å². The van der Waals surface area contributed by atoms with Gasteiger partial charge in [-0.25, -0.2) is 9.67 Å². The molecule has 0 aliphatic heterocycles. The molecule has 0 N–H and O–H groups in total. The minimum Gasteiger partial charge on any atom is -0.493 e. The molecule has 0 radical (unpaired) electrons. The third kappa shape index (κ3) is 5.79. The van der Waals surface area contributed by atoms with Crippen molar-refractivity contribution in [3.05, 3.63) is 120 Å². The predicted octanol–water partition coefficient (Wildman–Crippen LogP) is 10.7. The monoisotopic (exact) mass is 650 g/mol. The van der Waals surface area contributed by atoms with Gasteiger partial charge in [0.2, 0.25) is 0 Å². The summed E-state index contributed by atoms with van der Waals surface area (Å²) in [6.07, 6.45) is 5.79. The third-order valence-corrected chi connectivity index (χ3v) is 9.34. The van der Waals surface area contributed by atoms with Gasteiger partial charge in [0.1, 0.15) is 28.8 Å². The SMILES string of the molecule is CCOc1c(C)c(C)c(C)c(OCC)c1-c1cnn(-c2cccc(Oc3ccc4c5ccccc5n(-c5cc(C(C)C)ccn5)c4c3)c2)c1. The van der Waals surface area contributed by atoms with E-state index in [0.717, 1.165) is 67.4 Å². The first-order chi connectivity index (χ1) is 23.8. The molecule has 0 bridgehead atoms. The number of benzene rings is 4. The van der Waals surface area contributed by atoms with Crippen molar-refractivity contribution >= 4 is 21.8 Å². The average molecular weight is 651 g/mol. The van der Waals surface area contributed by atoms with Crippen LogP contribution >= 0.6 is 0 Å². The number of pyridine rings is 1. The molecule has 7 aromatic rings. The van der Waals surface area contributed by atoms with E-state index < -0.39 is 0 Å². The Bertz CT molecular complexity index is 2280. The van der Waals surface area contributed by atoms with Crippen molar-refractivity contribution in [2.45, 2.75) is 54.4 Å². The molecule has 3 heterocycles. The van der Waals surface area contributed by atoms with Gasteiger partial charge in [-0.05, 0) is 105 Å². The molecule has 248 valence electrons. The number of para-hydroxylation sites is 1. The predicted molar refractivity (Wildman–Crippen MR) is 198 cm³/mol. The summed E-state index contributed by atoms with van der Waals surface area (Å²) < 4.78 is 23.0. The Morgan fingerprint density at radius 1 is 0.714 bits per heavy atom. The van der Waals surface area contributed by atoms with Gasteiger partial charge in [-0.3, -0.25) is 4.57 Å². The highest BCUT2D eigenvalue weighted by Crippen LogP contribution is 2.45. The number of hydrogen-bond acceptors (Lipinski definition) is 5. The normalized spacial score (nSPS) is 11.5. The molecule has 7 heteroatoms. The van der Waals surface area contributed by atoms with E-state index in [9.17, 15) is 0 Å². The number of aromatic nitrogens is 4. The minimum absolute atomic E-state index is 0.399. The summed E-state index contributed by atoms with van der Waals surface area (Å²) in [5.41, 5.74) is 9.53. The van der Waals surface area contributed by atoms with Crippen molar-refractivity contribution in [1.29, 1.82) is 0 Å². The number of ether oxygens (including phenoxy) is 3. The van der Waals surface area contributed by atoms with E-state index in [1.165, 1.54) is 16.5 Å². The fourth-order valence-electron chi connectivity index (χ4n) is 6.61. The van der Waals surface area contributed by atoms with Crippen LogP contribution in [0.3, 0.4) is 0 Å².